The zero-order chi connectivity index (χ0) is 7.94. The first kappa shape index (κ1) is 9.26. The predicted octanol–water partition coefficient (Wildman–Crippen LogP) is 3.87. The van der Waals surface area contributed by atoms with Crippen molar-refractivity contribution in [1.82, 2.24) is 0 Å². The average molecular weight is 170 g/mol. The van der Waals surface area contributed by atoms with Crippen LogP contribution >= 0.6 is 8.20 Å². The summed E-state index contributed by atoms with van der Waals surface area (Å²) in [4.78, 5) is 0. The molecule has 1 aliphatic rings. The summed E-state index contributed by atoms with van der Waals surface area (Å²) in [6.07, 6.45) is 11.5. The SMILES string of the molecule is CCP=C1CCCCCCC1. The summed E-state index contributed by atoms with van der Waals surface area (Å²) in [6, 6.07) is 0. The first-order valence-corrected chi connectivity index (χ1v) is 6.03. The van der Waals surface area contributed by atoms with Crippen LogP contribution in [0, 0.1) is 0 Å². The molecule has 1 aliphatic carbocycles. The van der Waals surface area contributed by atoms with Gasteiger partial charge in [0.2, 0.25) is 0 Å². The number of hydrogen-bond acceptors (Lipinski definition) is 0. The average Bonchev–Trinajstić information content (AvgIpc) is 1.94. The zero-order valence-electron chi connectivity index (χ0n) is 7.60. The Morgan fingerprint density at radius 2 is 1.55 bits per heavy atom. The highest BCUT2D eigenvalue weighted by Crippen LogP contribution is 2.18. The lowest BCUT2D eigenvalue weighted by Crippen LogP contribution is -1.99. The van der Waals surface area contributed by atoms with E-state index in [0.717, 1.165) is 0 Å². The molecule has 0 radical (unpaired) electrons. The summed E-state index contributed by atoms with van der Waals surface area (Å²) >= 11 is 0. The molecule has 0 aromatic carbocycles. The largest absolute Gasteiger partial charge is 0.106 e. The standard InChI is InChI=1S/C10H19P/c1-2-11-10-8-6-4-3-5-7-9-10/h2-9H2,1H3. The van der Waals surface area contributed by atoms with Crippen LogP contribution in [0.5, 0.6) is 0 Å². The lowest BCUT2D eigenvalue weighted by atomic mass is 10.0. The quantitative estimate of drug-likeness (QED) is 0.524. The van der Waals surface area contributed by atoms with Crippen LogP contribution < -0.4 is 0 Å². The van der Waals surface area contributed by atoms with Crippen molar-refractivity contribution in [3.8, 4) is 0 Å². The Balaban J connectivity index is 2.31. The van der Waals surface area contributed by atoms with E-state index < -0.39 is 0 Å². The zero-order valence-corrected chi connectivity index (χ0v) is 8.50. The van der Waals surface area contributed by atoms with Gasteiger partial charge in [0.15, 0.2) is 0 Å². The van der Waals surface area contributed by atoms with Crippen molar-refractivity contribution in [2.45, 2.75) is 51.9 Å². The maximum atomic E-state index is 2.29. The van der Waals surface area contributed by atoms with Crippen LogP contribution in [0.15, 0.2) is 0 Å². The lowest BCUT2D eigenvalue weighted by Gasteiger charge is -2.10. The third-order valence-corrected chi connectivity index (χ3v) is 3.52. The van der Waals surface area contributed by atoms with Gasteiger partial charge in [-0.2, -0.15) is 0 Å². The Morgan fingerprint density at radius 3 is 2.09 bits per heavy atom. The molecule has 64 valence electrons. The highest BCUT2D eigenvalue weighted by atomic mass is 31.1. The van der Waals surface area contributed by atoms with E-state index in [2.05, 4.69) is 6.92 Å². The highest BCUT2D eigenvalue weighted by molar-refractivity contribution is 7.40. The second-order valence-electron chi connectivity index (χ2n) is 3.31. The number of rotatable bonds is 1. The van der Waals surface area contributed by atoms with Crippen molar-refractivity contribution in [3.05, 3.63) is 0 Å². The molecule has 0 amide bonds. The second kappa shape index (κ2) is 5.77. The van der Waals surface area contributed by atoms with Crippen LogP contribution in [0.2, 0.25) is 0 Å². The minimum Gasteiger partial charge on any atom is -0.106 e. The smallest absolute Gasteiger partial charge is 0.0135 e. The van der Waals surface area contributed by atoms with Crippen LogP contribution in [0.1, 0.15) is 51.9 Å². The normalized spacial score (nSPS) is 21.4. The lowest BCUT2D eigenvalue weighted by molar-refractivity contribution is 0.610. The van der Waals surface area contributed by atoms with E-state index in [1.165, 1.54) is 51.1 Å². The highest BCUT2D eigenvalue weighted by Gasteiger charge is 2.02. The molecule has 1 heteroatoms. The molecule has 1 rings (SSSR count). The fourth-order valence-corrected chi connectivity index (χ4v) is 2.77. The fraction of sp³-hybridized carbons (Fsp3) is 0.900. The van der Waals surface area contributed by atoms with Gasteiger partial charge in [-0.3, -0.25) is 0 Å². The minimum atomic E-state index is 1.33. The van der Waals surface area contributed by atoms with Crippen molar-refractivity contribution in [1.29, 1.82) is 0 Å². The molecule has 0 aromatic heterocycles. The maximum Gasteiger partial charge on any atom is -0.0135 e. The van der Waals surface area contributed by atoms with E-state index in [9.17, 15) is 0 Å². The van der Waals surface area contributed by atoms with Crippen LogP contribution in [-0.2, 0) is 0 Å². The Labute approximate surface area is 72.2 Å². The molecule has 0 spiro atoms. The van der Waals surface area contributed by atoms with Crippen LogP contribution in [0.25, 0.3) is 0 Å². The van der Waals surface area contributed by atoms with Crippen molar-refractivity contribution >= 4 is 13.5 Å². The van der Waals surface area contributed by atoms with E-state index in [0.29, 0.717) is 0 Å². The van der Waals surface area contributed by atoms with Gasteiger partial charge in [-0.1, -0.05) is 26.2 Å². The predicted molar refractivity (Wildman–Crippen MR) is 54.8 cm³/mol. The molecular weight excluding hydrogens is 151 g/mol. The van der Waals surface area contributed by atoms with E-state index in [-0.39, 0.29) is 0 Å². The minimum absolute atomic E-state index is 1.33. The van der Waals surface area contributed by atoms with Gasteiger partial charge in [0.05, 0.1) is 0 Å². The fourth-order valence-electron chi connectivity index (χ4n) is 1.70. The van der Waals surface area contributed by atoms with Gasteiger partial charge < -0.3 is 0 Å². The molecule has 0 nitrogen and oxygen atoms in total. The van der Waals surface area contributed by atoms with Crippen LogP contribution in [0.4, 0.5) is 0 Å². The maximum absolute atomic E-state index is 2.29. The molecule has 0 bridgehead atoms. The Kier molecular flexibility index (Phi) is 4.86. The molecule has 0 heterocycles. The van der Waals surface area contributed by atoms with Gasteiger partial charge in [-0.25, -0.2) is 0 Å². The first-order valence-electron chi connectivity index (χ1n) is 4.95. The summed E-state index contributed by atoms with van der Waals surface area (Å²) in [5.74, 6) is 0. The van der Waals surface area contributed by atoms with Crippen molar-refractivity contribution in [3.63, 3.8) is 0 Å². The molecule has 0 saturated heterocycles. The van der Waals surface area contributed by atoms with Gasteiger partial charge in [0, 0.05) is 0 Å². The van der Waals surface area contributed by atoms with E-state index >= 15 is 0 Å². The topological polar surface area (TPSA) is 0 Å². The molecule has 0 atom stereocenters. The van der Waals surface area contributed by atoms with Crippen molar-refractivity contribution < 1.29 is 0 Å². The van der Waals surface area contributed by atoms with Gasteiger partial charge in [0.25, 0.3) is 0 Å². The molecule has 0 aliphatic heterocycles. The second-order valence-corrected chi connectivity index (χ2v) is 4.89. The molecule has 1 saturated carbocycles. The van der Waals surface area contributed by atoms with Crippen molar-refractivity contribution in [2.24, 2.45) is 0 Å². The molecule has 1 fully saturated rings. The molecule has 0 unspecified atom stereocenters. The monoisotopic (exact) mass is 170 g/mol. The Hall–Kier alpha value is 0.170. The van der Waals surface area contributed by atoms with Gasteiger partial charge >= 0.3 is 0 Å². The van der Waals surface area contributed by atoms with Crippen molar-refractivity contribution in [2.75, 3.05) is 6.16 Å². The van der Waals surface area contributed by atoms with E-state index in [1.807, 2.05) is 5.29 Å². The van der Waals surface area contributed by atoms with E-state index in [1.54, 1.807) is 8.20 Å². The molecular formula is C10H19P. The Morgan fingerprint density at radius 1 is 1.00 bits per heavy atom. The summed E-state index contributed by atoms with van der Waals surface area (Å²) in [7, 11) is 1.63. The van der Waals surface area contributed by atoms with Crippen LogP contribution in [-0.4, -0.2) is 11.5 Å². The summed E-state index contributed by atoms with van der Waals surface area (Å²) in [5.41, 5.74) is 0. The van der Waals surface area contributed by atoms with Gasteiger partial charge in [-0.05, 0) is 37.1 Å². The molecule has 0 aromatic rings. The summed E-state index contributed by atoms with van der Waals surface area (Å²) < 4.78 is 0. The number of hydrogen-bond donors (Lipinski definition) is 0. The molecule has 11 heavy (non-hydrogen) atoms. The Bertz CT molecular complexity index is 117. The van der Waals surface area contributed by atoms with Gasteiger partial charge in [-0.15, -0.1) is 8.20 Å². The third kappa shape index (κ3) is 3.91. The summed E-state index contributed by atoms with van der Waals surface area (Å²) in [5, 5.41) is 1.83. The van der Waals surface area contributed by atoms with E-state index in [4.69, 9.17) is 0 Å². The van der Waals surface area contributed by atoms with Gasteiger partial charge in [0.1, 0.15) is 0 Å². The summed E-state index contributed by atoms with van der Waals surface area (Å²) in [6.45, 7) is 2.29. The third-order valence-electron chi connectivity index (χ3n) is 2.31. The van der Waals surface area contributed by atoms with Crippen LogP contribution in [0.3, 0.4) is 0 Å². The first-order chi connectivity index (χ1) is 5.43. The molecule has 0 N–H and O–H groups in total.